The Morgan fingerprint density at radius 1 is 1.19 bits per heavy atom. The van der Waals surface area contributed by atoms with E-state index in [0.29, 0.717) is 17.7 Å². The molecule has 31 heavy (non-hydrogen) atoms. The van der Waals surface area contributed by atoms with Crippen molar-refractivity contribution in [1.29, 1.82) is 5.26 Å². The molecule has 2 aromatic rings. The van der Waals surface area contributed by atoms with Gasteiger partial charge in [-0.15, -0.1) is 0 Å². The molecule has 0 aromatic heterocycles. The van der Waals surface area contributed by atoms with Crippen molar-refractivity contribution in [3.05, 3.63) is 63.2 Å². The van der Waals surface area contributed by atoms with Crippen molar-refractivity contribution in [2.45, 2.75) is 13.1 Å². The second-order valence-corrected chi connectivity index (χ2v) is 5.84. The number of methoxy groups -OCH3 is 1. The molecule has 11 heteroatoms. The Balaban J connectivity index is 2.42. The van der Waals surface area contributed by atoms with Gasteiger partial charge in [0.05, 0.1) is 24.2 Å². The summed E-state index contributed by atoms with van der Waals surface area (Å²) in [5, 5.41) is 20.3. The maximum atomic E-state index is 12.8. The number of hydrogen-bond donors (Lipinski definition) is 0. The van der Waals surface area contributed by atoms with E-state index in [-0.39, 0.29) is 23.7 Å². The third kappa shape index (κ3) is 5.72. The van der Waals surface area contributed by atoms with Crippen LogP contribution in [0.4, 0.5) is 18.9 Å². The quantitative estimate of drug-likeness (QED) is 0.200. The fourth-order valence-corrected chi connectivity index (χ4v) is 2.41. The fraction of sp³-hybridized carbons (Fsp3) is 0.200. The van der Waals surface area contributed by atoms with Gasteiger partial charge in [-0.3, -0.25) is 10.1 Å². The van der Waals surface area contributed by atoms with E-state index in [0.717, 1.165) is 6.07 Å². The number of halogens is 3. The highest BCUT2D eigenvalue weighted by atomic mass is 19.4. The summed E-state index contributed by atoms with van der Waals surface area (Å²) in [6, 6.07) is 7.70. The van der Waals surface area contributed by atoms with Crippen molar-refractivity contribution in [2.24, 2.45) is 0 Å². The van der Waals surface area contributed by atoms with Crippen LogP contribution in [0.1, 0.15) is 18.1 Å². The van der Waals surface area contributed by atoms with Crippen LogP contribution in [0.5, 0.6) is 17.2 Å². The average Bonchev–Trinajstić information content (AvgIpc) is 2.72. The maximum Gasteiger partial charge on any atom is 0.416 e. The van der Waals surface area contributed by atoms with Crippen molar-refractivity contribution in [3.8, 4) is 23.3 Å². The standard InChI is InChI=1S/C20H15F3N2O6/c1-3-30-19(26)13(11-24)8-12-4-6-17(18(9-12)29-2)31-16-7-5-14(20(21,22)23)10-15(16)25(27)28/h4-10H,3H2,1-2H3/b13-8-. The maximum absolute atomic E-state index is 12.8. The topological polar surface area (TPSA) is 112 Å². The lowest BCUT2D eigenvalue weighted by molar-refractivity contribution is -0.385. The third-order valence-corrected chi connectivity index (χ3v) is 3.82. The number of rotatable bonds is 7. The molecule has 0 saturated heterocycles. The summed E-state index contributed by atoms with van der Waals surface area (Å²) in [5.74, 6) is -1.21. The molecule has 0 amide bonds. The first-order chi connectivity index (χ1) is 14.6. The summed E-state index contributed by atoms with van der Waals surface area (Å²) in [4.78, 5) is 22.0. The van der Waals surface area contributed by atoms with Gasteiger partial charge in [0.2, 0.25) is 5.75 Å². The van der Waals surface area contributed by atoms with Gasteiger partial charge in [-0.25, -0.2) is 4.79 Å². The zero-order valence-corrected chi connectivity index (χ0v) is 16.2. The van der Waals surface area contributed by atoms with Crippen LogP contribution < -0.4 is 9.47 Å². The number of alkyl halides is 3. The van der Waals surface area contributed by atoms with Gasteiger partial charge in [0.15, 0.2) is 11.5 Å². The van der Waals surface area contributed by atoms with Crippen LogP contribution >= 0.6 is 0 Å². The van der Waals surface area contributed by atoms with Crippen molar-refractivity contribution < 1.29 is 37.1 Å². The van der Waals surface area contributed by atoms with E-state index < -0.39 is 34.1 Å². The molecule has 0 aliphatic carbocycles. The second-order valence-electron chi connectivity index (χ2n) is 5.84. The van der Waals surface area contributed by atoms with Crippen LogP contribution in [0.25, 0.3) is 6.08 Å². The van der Waals surface area contributed by atoms with Gasteiger partial charge in [-0.1, -0.05) is 6.07 Å². The minimum Gasteiger partial charge on any atom is -0.493 e. The van der Waals surface area contributed by atoms with Crippen LogP contribution in [-0.2, 0) is 15.7 Å². The zero-order valence-electron chi connectivity index (χ0n) is 16.2. The predicted octanol–water partition coefficient (Wildman–Crippen LogP) is 4.88. The summed E-state index contributed by atoms with van der Waals surface area (Å²) in [5.41, 5.74) is -1.98. The Labute approximate surface area is 174 Å². The number of nitrogens with zero attached hydrogens (tertiary/aromatic N) is 2. The SMILES string of the molecule is CCOC(=O)/C(C#N)=C\c1ccc(Oc2ccc(C(F)(F)F)cc2[N+](=O)[O-])c(OC)c1. The lowest BCUT2D eigenvalue weighted by Crippen LogP contribution is -2.06. The zero-order chi connectivity index (χ0) is 23.2. The van der Waals surface area contributed by atoms with Crippen molar-refractivity contribution in [1.82, 2.24) is 0 Å². The van der Waals surface area contributed by atoms with E-state index >= 15 is 0 Å². The molecule has 2 rings (SSSR count). The first kappa shape index (κ1) is 23.2. The molecule has 0 bridgehead atoms. The highest BCUT2D eigenvalue weighted by Crippen LogP contribution is 2.40. The Kier molecular flexibility index (Phi) is 7.20. The summed E-state index contributed by atoms with van der Waals surface area (Å²) in [7, 11) is 1.27. The van der Waals surface area contributed by atoms with E-state index in [1.165, 1.54) is 31.4 Å². The van der Waals surface area contributed by atoms with E-state index in [9.17, 15) is 28.1 Å². The van der Waals surface area contributed by atoms with Crippen LogP contribution in [0.3, 0.4) is 0 Å². The molecule has 0 atom stereocenters. The Bertz CT molecular complexity index is 1070. The second kappa shape index (κ2) is 9.62. The smallest absolute Gasteiger partial charge is 0.416 e. The first-order valence-electron chi connectivity index (χ1n) is 8.61. The summed E-state index contributed by atoms with van der Waals surface area (Å²) < 4.78 is 53.9. The highest BCUT2D eigenvalue weighted by Gasteiger charge is 2.33. The predicted molar refractivity (Wildman–Crippen MR) is 101 cm³/mol. The molecule has 0 radical (unpaired) electrons. The van der Waals surface area contributed by atoms with E-state index in [4.69, 9.17) is 19.5 Å². The lowest BCUT2D eigenvalue weighted by atomic mass is 10.1. The highest BCUT2D eigenvalue weighted by molar-refractivity contribution is 5.97. The van der Waals surface area contributed by atoms with Crippen LogP contribution in [0, 0.1) is 21.4 Å². The van der Waals surface area contributed by atoms with Crippen molar-refractivity contribution in [3.63, 3.8) is 0 Å². The number of nitriles is 1. The average molecular weight is 436 g/mol. The van der Waals surface area contributed by atoms with Crippen LogP contribution in [0.2, 0.25) is 0 Å². The number of nitro groups is 1. The molecule has 0 aliphatic rings. The van der Waals surface area contributed by atoms with Gasteiger partial charge < -0.3 is 14.2 Å². The molecule has 2 aromatic carbocycles. The molecular formula is C20H15F3N2O6. The minimum atomic E-state index is -4.76. The van der Waals surface area contributed by atoms with E-state index in [2.05, 4.69) is 0 Å². The fourth-order valence-electron chi connectivity index (χ4n) is 2.41. The summed E-state index contributed by atoms with van der Waals surface area (Å²) in [6.07, 6.45) is -3.52. The number of ether oxygens (including phenoxy) is 3. The number of carbonyl (C=O) groups is 1. The van der Waals surface area contributed by atoms with Gasteiger partial charge in [0.25, 0.3) is 0 Å². The molecular weight excluding hydrogens is 421 g/mol. The van der Waals surface area contributed by atoms with Gasteiger partial charge in [0, 0.05) is 6.07 Å². The molecule has 0 saturated carbocycles. The molecule has 0 spiro atoms. The number of esters is 1. The van der Waals surface area contributed by atoms with Crippen molar-refractivity contribution >= 4 is 17.7 Å². The molecule has 0 heterocycles. The summed E-state index contributed by atoms with van der Waals surface area (Å²) >= 11 is 0. The molecule has 0 aliphatic heterocycles. The molecule has 8 nitrogen and oxygen atoms in total. The van der Waals surface area contributed by atoms with Crippen molar-refractivity contribution in [2.75, 3.05) is 13.7 Å². The molecule has 0 fully saturated rings. The van der Waals surface area contributed by atoms with Gasteiger partial charge >= 0.3 is 17.8 Å². The first-order valence-corrected chi connectivity index (χ1v) is 8.61. The van der Waals surface area contributed by atoms with Crippen LogP contribution in [0.15, 0.2) is 42.0 Å². The Hall–Kier alpha value is -4.07. The third-order valence-electron chi connectivity index (χ3n) is 3.82. The normalized spacial score (nSPS) is 11.4. The minimum absolute atomic E-state index is 0.0304. The van der Waals surface area contributed by atoms with E-state index in [1.807, 2.05) is 0 Å². The number of benzene rings is 2. The van der Waals surface area contributed by atoms with E-state index in [1.54, 1.807) is 13.0 Å². The molecule has 0 N–H and O–H groups in total. The Morgan fingerprint density at radius 2 is 1.87 bits per heavy atom. The number of carbonyl (C=O) groups excluding carboxylic acids is 1. The largest absolute Gasteiger partial charge is 0.493 e. The number of nitro benzene ring substituents is 1. The van der Waals surface area contributed by atoms with Gasteiger partial charge in [-0.2, -0.15) is 18.4 Å². The monoisotopic (exact) mass is 436 g/mol. The summed E-state index contributed by atoms with van der Waals surface area (Å²) in [6.45, 7) is 1.67. The molecule has 0 unspecified atom stereocenters. The van der Waals surface area contributed by atoms with Crippen LogP contribution in [-0.4, -0.2) is 24.6 Å². The lowest BCUT2D eigenvalue weighted by Gasteiger charge is -2.13. The van der Waals surface area contributed by atoms with Gasteiger partial charge in [-0.05, 0) is 42.8 Å². The van der Waals surface area contributed by atoms with Gasteiger partial charge in [0.1, 0.15) is 11.6 Å². The molecule has 162 valence electrons. The number of hydrogen-bond acceptors (Lipinski definition) is 7. The Morgan fingerprint density at radius 3 is 2.42 bits per heavy atom.